The second-order valence-corrected chi connectivity index (χ2v) is 9.09. The molecule has 0 saturated carbocycles. The Morgan fingerprint density at radius 2 is 1.60 bits per heavy atom. The van der Waals surface area contributed by atoms with Gasteiger partial charge in [0.15, 0.2) is 5.11 Å². The van der Waals surface area contributed by atoms with Crippen molar-refractivity contribution < 1.29 is 14.3 Å². The average Bonchev–Trinajstić information content (AvgIpc) is 3.03. The normalized spacial score (nSPS) is 10.6. The first kappa shape index (κ1) is 26.4. The van der Waals surface area contributed by atoms with Crippen molar-refractivity contribution in [1.82, 2.24) is 10.2 Å². The Bertz CT molecular complexity index is 702. The Hall–Kier alpha value is -1.67. The molecule has 1 aromatic heterocycles. The van der Waals surface area contributed by atoms with E-state index in [-0.39, 0.29) is 5.91 Å². The number of anilines is 1. The molecule has 0 atom stereocenters. The van der Waals surface area contributed by atoms with E-state index in [2.05, 4.69) is 17.6 Å². The Morgan fingerprint density at radius 3 is 2.13 bits per heavy atom. The monoisotopic (exact) mass is 455 g/mol. The highest BCUT2D eigenvalue weighted by Crippen LogP contribution is 2.34. The summed E-state index contributed by atoms with van der Waals surface area (Å²) < 4.78 is 4.90. The molecule has 0 saturated heterocycles. The number of esters is 1. The second kappa shape index (κ2) is 14.4. The zero-order valence-electron chi connectivity index (χ0n) is 19.1. The van der Waals surface area contributed by atoms with Gasteiger partial charge in [-0.2, -0.15) is 0 Å². The maximum atomic E-state index is 12.4. The first-order valence-electron chi connectivity index (χ1n) is 10.8. The molecule has 0 radical (unpaired) electrons. The average molecular weight is 456 g/mol. The Balaban J connectivity index is 2.50. The van der Waals surface area contributed by atoms with E-state index in [4.69, 9.17) is 17.0 Å². The van der Waals surface area contributed by atoms with E-state index in [1.165, 1.54) is 74.7 Å². The van der Waals surface area contributed by atoms with Crippen LogP contribution in [0.2, 0.25) is 0 Å². The molecule has 8 heteroatoms. The van der Waals surface area contributed by atoms with Crippen molar-refractivity contribution in [3.05, 3.63) is 16.0 Å². The number of nitrogens with one attached hydrogen (secondary N) is 2. The van der Waals surface area contributed by atoms with Gasteiger partial charge >= 0.3 is 5.97 Å². The fraction of sp³-hybridized carbons (Fsp3) is 0.682. The zero-order valence-corrected chi connectivity index (χ0v) is 20.7. The van der Waals surface area contributed by atoms with Gasteiger partial charge in [-0.3, -0.25) is 4.79 Å². The summed E-state index contributed by atoms with van der Waals surface area (Å²) in [6.45, 7) is 4.77. The number of amides is 1. The quantitative estimate of drug-likeness (QED) is 0.237. The van der Waals surface area contributed by atoms with Crippen molar-refractivity contribution >= 4 is 45.5 Å². The maximum absolute atomic E-state index is 12.4. The number of hydrogen-bond acceptors (Lipinski definition) is 5. The van der Waals surface area contributed by atoms with Crippen LogP contribution in [-0.4, -0.2) is 49.6 Å². The molecule has 170 valence electrons. The number of carbonyl (C=O) groups is 2. The lowest BCUT2D eigenvalue weighted by molar-refractivity contribution is 0.0601. The number of thiocarbonyl (C=S) groups is 1. The molecule has 0 spiro atoms. The van der Waals surface area contributed by atoms with Crippen LogP contribution in [0.1, 0.15) is 90.3 Å². The van der Waals surface area contributed by atoms with Crippen LogP contribution in [0, 0.1) is 6.92 Å². The molecule has 1 amide bonds. The summed E-state index contributed by atoms with van der Waals surface area (Å²) in [5.41, 5.74) is 0.967. The summed E-state index contributed by atoms with van der Waals surface area (Å²) in [6, 6.07) is 0. The maximum Gasteiger partial charge on any atom is 0.341 e. The van der Waals surface area contributed by atoms with Crippen molar-refractivity contribution in [2.75, 3.05) is 33.1 Å². The first-order valence-corrected chi connectivity index (χ1v) is 12.0. The number of thiophene rings is 1. The lowest BCUT2D eigenvalue weighted by Crippen LogP contribution is -2.29. The predicted octanol–water partition coefficient (Wildman–Crippen LogP) is 5.36. The second-order valence-electron chi connectivity index (χ2n) is 7.66. The highest BCUT2D eigenvalue weighted by molar-refractivity contribution is 7.80. The van der Waals surface area contributed by atoms with Gasteiger partial charge in [0.2, 0.25) is 0 Å². The smallest absolute Gasteiger partial charge is 0.341 e. The van der Waals surface area contributed by atoms with Crippen LogP contribution >= 0.6 is 23.6 Å². The minimum Gasteiger partial charge on any atom is -0.465 e. The number of nitrogens with zero attached hydrogens (tertiary/aromatic N) is 1. The van der Waals surface area contributed by atoms with Crippen LogP contribution in [0.5, 0.6) is 0 Å². The molecule has 0 bridgehead atoms. The van der Waals surface area contributed by atoms with Gasteiger partial charge in [-0.1, -0.05) is 58.3 Å². The van der Waals surface area contributed by atoms with E-state index in [1.54, 1.807) is 21.0 Å². The van der Waals surface area contributed by atoms with Gasteiger partial charge in [0.1, 0.15) is 5.00 Å². The molecular weight excluding hydrogens is 418 g/mol. The number of hydrogen-bond donors (Lipinski definition) is 2. The van der Waals surface area contributed by atoms with Crippen molar-refractivity contribution in [1.29, 1.82) is 0 Å². The van der Waals surface area contributed by atoms with Gasteiger partial charge in [-0.25, -0.2) is 4.79 Å². The molecule has 1 aromatic rings. The van der Waals surface area contributed by atoms with Crippen LogP contribution in [0.25, 0.3) is 0 Å². The van der Waals surface area contributed by atoms with Gasteiger partial charge in [-0.05, 0) is 31.1 Å². The molecule has 6 nitrogen and oxygen atoms in total. The molecule has 0 aliphatic rings. The minimum absolute atomic E-state index is 0.149. The number of methoxy groups -OCH3 is 1. The summed E-state index contributed by atoms with van der Waals surface area (Å²) in [4.78, 5) is 26.6. The van der Waals surface area contributed by atoms with Crippen molar-refractivity contribution in [2.24, 2.45) is 0 Å². The van der Waals surface area contributed by atoms with Crippen LogP contribution in [0.4, 0.5) is 5.00 Å². The van der Waals surface area contributed by atoms with Crippen molar-refractivity contribution in [3.8, 4) is 0 Å². The molecule has 0 aliphatic carbocycles. The summed E-state index contributed by atoms with van der Waals surface area (Å²) >= 11 is 6.61. The number of rotatable bonds is 13. The largest absolute Gasteiger partial charge is 0.465 e. The Labute approximate surface area is 190 Å². The third kappa shape index (κ3) is 8.60. The predicted molar refractivity (Wildman–Crippen MR) is 130 cm³/mol. The Morgan fingerprint density at radius 1 is 1.03 bits per heavy atom. The van der Waals surface area contributed by atoms with Crippen molar-refractivity contribution in [2.45, 2.75) is 71.6 Å². The van der Waals surface area contributed by atoms with E-state index in [0.717, 1.165) is 13.0 Å². The number of carbonyl (C=O) groups excluding carboxylic acids is 2. The zero-order chi connectivity index (χ0) is 22.5. The summed E-state index contributed by atoms with van der Waals surface area (Å²) in [7, 11) is 4.70. The fourth-order valence-electron chi connectivity index (χ4n) is 3.14. The van der Waals surface area contributed by atoms with Crippen LogP contribution in [0.3, 0.4) is 0 Å². The minimum atomic E-state index is -0.481. The number of ether oxygens (including phenoxy) is 1. The van der Waals surface area contributed by atoms with Crippen LogP contribution in [-0.2, 0) is 4.74 Å². The van der Waals surface area contributed by atoms with E-state index >= 15 is 0 Å². The molecule has 0 fully saturated rings. The standard InChI is InChI=1S/C22H37N3O3S2/c1-6-7-8-9-10-11-12-13-14-15-23-22(29)24-19-17(21(27)28-5)16(2)18(30-19)20(26)25(3)4/h6-15H2,1-5H3,(H2,23,24,29). The highest BCUT2D eigenvalue weighted by atomic mass is 32.1. The molecule has 2 N–H and O–H groups in total. The molecule has 30 heavy (non-hydrogen) atoms. The third-order valence-corrected chi connectivity index (χ3v) is 6.37. The highest BCUT2D eigenvalue weighted by Gasteiger charge is 2.26. The molecule has 1 heterocycles. The molecular formula is C22H37N3O3S2. The first-order chi connectivity index (χ1) is 14.3. The number of unbranched alkanes of at least 4 members (excludes halogenated alkanes) is 8. The lowest BCUT2D eigenvalue weighted by Gasteiger charge is -2.10. The summed E-state index contributed by atoms with van der Waals surface area (Å²) in [5, 5.41) is 7.26. The van der Waals surface area contributed by atoms with E-state index in [0.29, 0.717) is 26.1 Å². The van der Waals surface area contributed by atoms with Gasteiger partial charge in [0, 0.05) is 20.6 Å². The summed E-state index contributed by atoms with van der Waals surface area (Å²) in [6.07, 6.45) is 11.4. The van der Waals surface area contributed by atoms with Crippen molar-refractivity contribution in [3.63, 3.8) is 0 Å². The topological polar surface area (TPSA) is 70.7 Å². The van der Waals surface area contributed by atoms with E-state index < -0.39 is 5.97 Å². The Kier molecular flexibility index (Phi) is 12.6. The molecule has 0 unspecified atom stereocenters. The van der Waals surface area contributed by atoms with Crippen LogP contribution in [0.15, 0.2) is 0 Å². The van der Waals surface area contributed by atoms with Crippen LogP contribution < -0.4 is 10.6 Å². The summed E-state index contributed by atoms with van der Waals surface area (Å²) in [5.74, 6) is -0.630. The third-order valence-electron chi connectivity index (χ3n) is 4.93. The van der Waals surface area contributed by atoms with Gasteiger partial charge < -0.3 is 20.3 Å². The molecule has 0 aliphatic heterocycles. The molecule has 1 rings (SSSR count). The molecule has 0 aromatic carbocycles. The lowest BCUT2D eigenvalue weighted by atomic mass is 10.1. The van der Waals surface area contributed by atoms with E-state index in [9.17, 15) is 9.59 Å². The van der Waals surface area contributed by atoms with Gasteiger partial charge in [0.05, 0.1) is 17.6 Å². The fourth-order valence-corrected chi connectivity index (χ4v) is 4.63. The SMILES string of the molecule is CCCCCCCCCCCNC(=S)Nc1sc(C(=O)N(C)C)c(C)c1C(=O)OC. The van der Waals surface area contributed by atoms with Gasteiger partial charge in [0.25, 0.3) is 5.91 Å². The van der Waals surface area contributed by atoms with E-state index in [1.807, 2.05) is 0 Å². The van der Waals surface area contributed by atoms with Gasteiger partial charge in [-0.15, -0.1) is 11.3 Å².